The number of hydrogen-bond donors (Lipinski definition) is 0. The predicted molar refractivity (Wildman–Crippen MR) is 89.1 cm³/mol. The Morgan fingerprint density at radius 2 is 2.04 bits per heavy atom. The molecule has 1 aromatic heterocycles. The molecule has 24 heavy (non-hydrogen) atoms. The van der Waals surface area contributed by atoms with Crippen LogP contribution in [0.3, 0.4) is 0 Å². The van der Waals surface area contributed by atoms with Crippen molar-refractivity contribution >= 4 is 5.91 Å². The van der Waals surface area contributed by atoms with Crippen LogP contribution in [0.1, 0.15) is 35.4 Å². The Kier molecular flexibility index (Phi) is 4.06. The fourth-order valence-electron chi connectivity index (χ4n) is 3.18. The van der Waals surface area contributed by atoms with Gasteiger partial charge in [0, 0.05) is 25.1 Å². The minimum atomic E-state index is 0.00378. The lowest BCUT2D eigenvalue weighted by Gasteiger charge is -2.24. The van der Waals surface area contributed by atoms with Crippen LogP contribution in [0.2, 0.25) is 0 Å². The number of carbonyl (C=O) groups is 1. The minimum absolute atomic E-state index is 0.00378. The van der Waals surface area contributed by atoms with Gasteiger partial charge >= 0.3 is 0 Å². The molecular weight excluding hydrogens is 304 g/mol. The van der Waals surface area contributed by atoms with Crippen LogP contribution < -0.4 is 0 Å². The summed E-state index contributed by atoms with van der Waals surface area (Å²) in [4.78, 5) is 16.6. The summed E-state index contributed by atoms with van der Waals surface area (Å²) in [5.74, 6) is 0.447. The van der Waals surface area contributed by atoms with Crippen molar-refractivity contribution in [3.63, 3.8) is 0 Å². The quantitative estimate of drug-likeness (QED) is 0.845. The average molecular weight is 326 g/mol. The highest BCUT2D eigenvalue weighted by atomic mass is 16.5. The molecule has 1 amide bonds. The van der Waals surface area contributed by atoms with E-state index in [1.165, 1.54) is 0 Å². The molecule has 1 aromatic carbocycles. The second kappa shape index (κ2) is 6.36. The number of para-hydroxylation sites is 1. The number of amides is 1. The van der Waals surface area contributed by atoms with Gasteiger partial charge in [0.15, 0.2) is 5.69 Å². The fourth-order valence-corrected chi connectivity index (χ4v) is 3.18. The van der Waals surface area contributed by atoms with E-state index in [0.717, 1.165) is 44.7 Å². The molecule has 126 valence electrons. The van der Waals surface area contributed by atoms with Gasteiger partial charge in [0.2, 0.25) is 0 Å². The molecule has 0 unspecified atom stereocenters. The molecule has 2 heterocycles. The van der Waals surface area contributed by atoms with Gasteiger partial charge in [-0.2, -0.15) is 9.90 Å². The summed E-state index contributed by atoms with van der Waals surface area (Å²) in [6, 6.07) is 10.0. The van der Waals surface area contributed by atoms with E-state index >= 15 is 0 Å². The largest absolute Gasteiger partial charge is 0.381 e. The molecule has 6 nitrogen and oxygen atoms in total. The molecule has 1 aliphatic heterocycles. The maximum atomic E-state index is 13.0. The maximum Gasteiger partial charge on any atom is 0.276 e. The van der Waals surface area contributed by atoms with Crippen molar-refractivity contribution in [3.8, 4) is 5.69 Å². The van der Waals surface area contributed by atoms with Crippen LogP contribution in [0.15, 0.2) is 30.3 Å². The van der Waals surface area contributed by atoms with Crippen molar-refractivity contribution in [2.24, 2.45) is 5.92 Å². The zero-order chi connectivity index (χ0) is 16.5. The van der Waals surface area contributed by atoms with E-state index in [-0.39, 0.29) is 5.91 Å². The van der Waals surface area contributed by atoms with Gasteiger partial charge in [-0.1, -0.05) is 18.2 Å². The molecule has 6 heteroatoms. The maximum absolute atomic E-state index is 13.0. The third kappa shape index (κ3) is 3.06. The Morgan fingerprint density at radius 3 is 2.71 bits per heavy atom. The fraction of sp³-hybridized carbons (Fsp3) is 0.500. The molecule has 2 aliphatic rings. The normalized spacial score (nSPS) is 20.3. The van der Waals surface area contributed by atoms with Crippen molar-refractivity contribution < 1.29 is 9.53 Å². The van der Waals surface area contributed by atoms with Crippen molar-refractivity contribution in [1.29, 1.82) is 0 Å². The molecule has 0 N–H and O–H groups in total. The highest BCUT2D eigenvalue weighted by Crippen LogP contribution is 2.30. The Morgan fingerprint density at radius 1 is 1.25 bits per heavy atom. The highest BCUT2D eigenvalue weighted by molar-refractivity contribution is 5.93. The molecule has 0 bridgehead atoms. The summed E-state index contributed by atoms with van der Waals surface area (Å²) in [6.07, 6.45) is 3.21. The first kappa shape index (κ1) is 15.3. The molecule has 2 fully saturated rings. The van der Waals surface area contributed by atoms with E-state index < -0.39 is 0 Å². The molecule has 1 saturated carbocycles. The summed E-state index contributed by atoms with van der Waals surface area (Å²) in [6.45, 7) is 4.18. The third-order valence-corrected chi connectivity index (χ3v) is 4.70. The van der Waals surface area contributed by atoms with Crippen molar-refractivity contribution in [3.05, 3.63) is 41.7 Å². The molecule has 0 radical (unpaired) electrons. The van der Waals surface area contributed by atoms with Gasteiger partial charge in [-0.15, -0.1) is 5.10 Å². The molecular formula is C18H22N4O2. The zero-order valence-corrected chi connectivity index (χ0v) is 13.9. The van der Waals surface area contributed by atoms with E-state index in [0.29, 0.717) is 23.3 Å². The van der Waals surface area contributed by atoms with Gasteiger partial charge in [-0.3, -0.25) is 4.79 Å². The number of hydrogen-bond acceptors (Lipinski definition) is 4. The second-order valence-corrected chi connectivity index (χ2v) is 6.68. The van der Waals surface area contributed by atoms with Crippen molar-refractivity contribution in [1.82, 2.24) is 19.9 Å². The Labute approximate surface area is 141 Å². The lowest BCUT2D eigenvalue weighted by molar-refractivity contribution is 0.0699. The van der Waals surface area contributed by atoms with E-state index in [1.54, 1.807) is 4.80 Å². The molecule has 1 aliphatic carbocycles. The van der Waals surface area contributed by atoms with E-state index in [9.17, 15) is 4.79 Å². The summed E-state index contributed by atoms with van der Waals surface area (Å²) in [5.41, 5.74) is 2.00. The number of aryl methyl sites for hydroxylation is 1. The Hall–Kier alpha value is -2.21. The first-order valence-electron chi connectivity index (χ1n) is 8.60. The van der Waals surface area contributed by atoms with Gasteiger partial charge in [0.05, 0.1) is 18.0 Å². The number of nitrogens with zero attached hydrogens (tertiary/aromatic N) is 4. The molecule has 1 saturated heterocycles. The SMILES string of the molecule is Cc1nn(-c2ccccc2)nc1C(=O)N(C[C@H]1CCOC1)C1CC1. The van der Waals surface area contributed by atoms with E-state index in [1.807, 2.05) is 42.2 Å². The lowest BCUT2D eigenvalue weighted by atomic mass is 10.1. The molecule has 1 atom stereocenters. The van der Waals surface area contributed by atoms with Gasteiger partial charge in [0.1, 0.15) is 0 Å². The van der Waals surface area contributed by atoms with Gasteiger partial charge in [-0.05, 0) is 38.3 Å². The monoisotopic (exact) mass is 326 g/mol. The van der Waals surface area contributed by atoms with Gasteiger partial charge in [-0.25, -0.2) is 0 Å². The number of benzene rings is 1. The van der Waals surface area contributed by atoms with Crippen LogP contribution in [0.4, 0.5) is 0 Å². The van der Waals surface area contributed by atoms with E-state index in [2.05, 4.69) is 10.2 Å². The van der Waals surface area contributed by atoms with Crippen molar-refractivity contribution in [2.75, 3.05) is 19.8 Å². The summed E-state index contributed by atoms with van der Waals surface area (Å²) >= 11 is 0. The summed E-state index contributed by atoms with van der Waals surface area (Å²) < 4.78 is 5.46. The smallest absolute Gasteiger partial charge is 0.276 e. The van der Waals surface area contributed by atoms with Gasteiger partial charge < -0.3 is 9.64 Å². The molecule has 0 spiro atoms. The minimum Gasteiger partial charge on any atom is -0.381 e. The van der Waals surface area contributed by atoms with Crippen molar-refractivity contribution in [2.45, 2.75) is 32.2 Å². The summed E-state index contributed by atoms with van der Waals surface area (Å²) in [5, 5.41) is 8.90. The van der Waals surface area contributed by atoms with Crippen LogP contribution >= 0.6 is 0 Å². The van der Waals surface area contributed by atoms with Crippen LogP contribution in [0.25, 0.3) is 5.69 Å². The topological polar surface area (TPSA) is 60.2 Å². The first-order valence-corrected chi connectivity index (χ1v) is 8.60. The van der Waals surface area contributed by atoms with Crippen LogP contribution in [-0.2, 0) is 4.74 Å². The zero-order valence-electron chi connectivity index (χ0n) is 13.9. The lowest BCUT2D eigenvalue weighted by Crippen LogP contribution is -2.38. The van der Waals surface area contributed by atoms with Crippen LogP contribution in [0, 0.1) is 12.8 Å². The standard InChI is InChI=1S/C18H22N4O2/c1-13-17(20-22(19-13)16-5-3-2-4-6-16)18(23)21(15-7-8-15)11-14-9-10-24-12-14/h2-6,14-15H,7-12H2,1H3/t14-/m1/s1. The molecule has 2 aromatic rings. The predicted octanol–water partition coefficient (Wildman–Crippen LogP) is 2.22. The van der Waals surface area contributed by atoms with Crippen LogP contribution in [-0.4, -0.2) is 51.6 Å². The first-order chi connectivity index (χ1) is 11.7. The number of carbonyl (C=O) groups excluding carboxylic acids is 1. The van der Waals surface area contributed by atoms with Gasteiger partial charge in [0.25, 0.3) is 5.91 Å². The Bertz CT molecular complexity index is 718. The summed E-state index contributed by atoms with van der Waals surface area (Å²) in [7, 11) is 0. The molecule has 4 rings (SSSR count). The van der Waals surface area contributed by atoms with Crippen LogP contribution in [0.5, 0.6) is 0 Å². The second-order valence-electron chi connectivity index (χ2n) is 6.68. The third-order valence-electron chi connectivity index (χ3n) is 4.70. The van der Waals surface area contributed by atoms with E-state index in [4.69, 9.17) is 4.74 Å². The highest BCUT2D eigenvalue weighted by Gasteiger charge is 2.36. The Balaban J connectivity index is 1.57. The average Bonchev–Trinajstić information content (AvgIpc) is 3.17. The number of aromatic nitrogens is 3. The number of ether oxygens (including phenoxy) is 1. The number of rotatable bonds is 5.